The number of nitrogens with one attached hydrogen (secondary N) is 2. The van der Waals surface area contributed by atoms with Gasteiger partial charge in [-0.2, -0.15) is 0 Å². The van der Waals surface area contributed by atoms with E-state index < -0.39 is 11.5 Å². The molecule has 2 saturated heterocycles. The maximum Gasteiger partial charge on any atom is 0.247 e. The molecule has 0 aromatic rings. The van der Waals surface area contributed by atoms with Crippen LogP contribution in [-0.4, -0.2) is 65.4 Å². The molecule has 0 spiro atoms. The summed E-state index contributed by atoms with van der Waals surface area (Å²) in [7, 11) is 1.72. The van der Waals surface area contributed by atoms with Crippen molar-refractivity contribution in [2.24, 2.45) is 11.3 Å². The normalized spacial score (nSPS) is 25.4. The van der Waals surface area contributed by atoms with Gasteiger partial charge in [0.2, 0.25) is 17.7 Å². The van der Waals surface area contributed by atoms with Crippen LogP contribution in [0.5, 0.6) is 0 Å². The summed E-state index contributed by atoms with van der Waals surface area (Å²) in [5.74, 6) is 0.222. The number of amides is 3. The molecule has 0 radical (unpaired) electrons. The zero-order chi connectivity index (χ0) is 21.2. The van der Waals surface area contributed by atoms with Crippen LogP contribution in [0.4, 0.5) is 0 Å². The number of likely N-dealkylation sites (tertiary alicyclic amines) is 2. The molecular weight excluding hydrogens is 356 g/mol. The first kappa shape index (κ1) is 22.7. The predicted molar refractivity (Wildman–Crippen MR) is 109 cm³/mol. The predicted octanol–water partition coefficient (Wildman–Crippen LogP) is 1.72. The quantitative estimate of drug-likeness (QED) is 0.719. The van der Waals surface area contributed by atoms with E-state index in [1.807, 2.05) is 30.6 Å². The summed E-state index contributed by atoms with van der Waals surface area (Å²) in [6, 6.07) is -0.831. The van der Waals surface area contributed by atoms with Crippen molar-refractivity contribution in [2.75, 3.05) is 13.6 Å². The van der Waals surface area contributed by atoms with Crippen LogP contribution in [0.2, 0.25) is 0 Å². The largest absolute Gasteiger partial charge is 0.342 e. The van der Waals surface area contributed by atoms with Crippen molar-refractivity contribution in [1.29, 1.82) is 0 Å². The molecule has 7 nitrogen and oxygen atoms in total. The molecule has 2 aliphatic heterocycles. The molecule has 2 aliphatic rings. The monoisotopic (exact) mass is 394 g/mol. The van der Waals surface area contributed by atoms with Crippen molar-refractivity contribution in [3.05, 3.63) is 0 Å². The van der Waals surface area contributed by atoms with Crippen molar-refractivity contribution in [3.63, 3.8) is 0 Å². The molecule has 2 fully saturated rings. The second-order valence-corrected chi connectivity index (χ2v) is 9.62. The maximum atomic E-state index is 13.5. The van der Waals surface area contributed by atoms with Gasteiger partial charge < -0.3 is 20.4 Å². The second-order valence-electron chi connectivity index (χ2n) is 9.62. The highest BCUT2D eigenvalue weighted by atomic mass is 16.2. The van der Waals surface area contributed by atoms with Crippen LogP contribution >= 0.6 is 0 Å². The van der Waals surface area contributed by atoms with E-state index in [1.165, 1.54) is 0 Å². The molecule has 2 heterocycles. The third-order valence-electron chi connectivity index (χ3n) is 6.12. The fraction of sp³-hybridized carbons (Fsp3) is 0.857. The number of nitrogens with zero attached hydrogens (tertiary/aromatic N) is 2. The molecule has 0 aromatic carbocycles. The summed E-state index contributed by atoms with van der Waals surface area (Å²) in [5, 5.41) is 5.86. The van der Waals surface area contributed by atoms with Crippen LogP contribution in [0.1, 0.15) is 67.2 Å². The highest BCUT2D eigenvalue weighted by Crippen LogP contribution is 2.34. The minimum absolute atomic E-state index is 0.0890. The van der Waals surface area contributed by atoms with Crippen molar-refractivity contribution < 1.29 is 14.4 Å². The Bertz CT molecular complexity index is 599. The lowest BCUT2D eigenvalue weighted by atomic mass is 9.85. The Labute approximate surface area is 169 Å². The summed E-state index contributed by atoms with van der Waals surface area (Å²) >= 11 is 0. The van der Waals surface area contributed by atoms with E-state index in [-0.39, 0.29) is 36.0 Å². The summed E-state index contributed by atoms with van der Waals surface area (Å²) in [5.41, 5.74) is -0.431. The SMILES string of the molecule is CN[C@@H](C)C(=O)N[C@H](C(=O)N1CCCC1N1C(=O)CCC1C(C)C)C(C)(C)C. The Hall–Kier alpha value is -1.63. The molecule has 7 heteroatoms. The molecule has 2 unspecified atom stereocenters. The Kier molecular flexibility index (Phi) is 7.12. The molecule has 0 saturated carbocycles. The molecular formula is C21H38N4O3. The molecule has 2 rings (SSSR count). The first-order valence-electron chi connectivity index (χ1n) is 10.6. The van der Waals surface area contributed by atoms with Gasteiger partial charge >= 0.3 is 0 Å². The number of hydrogen-bond donors (Lipinski definition) is 2. The van der Waals surface area contributed by atoms with E-state index in [9.17, 15) is 14.4 Å². The third-order valence-corrected chi connectivity index (χ3v) is 6.12. The van der Waals surface area contributed by atoms with Gasteiger partial charge in [0.15, 0.2) is 0 Å². The van der Waals surface area contributed by atoms with Crippen LogP contribution in [0, 0.1) is 11.3 Å². The number of carbonyl (C=O) groups excluding carboxylic acids is 3. The first-order chi connectivity index (χ1) is 13.0. The molecule has 28 heavy (non-hydrogen) atoms. The fourth-order valence-electron chi connectivity index (χ4n) is 4.27. The minimum atomic E-state index is -0.633. The lowest BCUT2D eigenvalue weighted by Gasteiger charge is -2.41. The lowest BCUT2D eigenvalue weighted by Crippen LogP contribution is -2.61. The van der Waals surface area contributed by atoms with E-state index >= 15 is 0 Å². The number of hydrogen-bond acceptors (Lipinski definition) is 4. The highest BCUT2D eigenvalue weighted by molar-refractivity contribution is 5.91. The lowest BCUT2D eigenvalue weighted by molar-refractivity contribution is -0.148. The average Bonchev–Trinajstić information content (AvgIpc) is 3.22. The Morgan fingerprint density at radius 3 is 2.32 bits per heavy atom. The van der Waals surface area contributed by atoms with Crippen molar-refractivity contribution >= 4 is 17.7 Å². The second kappa shape index (κ2) is 8.80. The summed E-state index contributed by atoms with van der Waals surface area (Å²) in [6.07, 6.45) is 2.90. The number of likely N-dealkylation sites (N-methyl/N-ethyl adjacent to an activating group) is 1. The molecule has 2 N–H and O–H groups in total. The van der Waals surface area contributed by atoms with Crippen molar-refractivity contribution in [1.82, 2.24) is 20.4 Å². The Balaban J connectivity index is 2.25. The molecule has 0 aliphatic carbocycles. The zero-order valence-corrected chi connectivity index (χ0v) is 18.5. The van der Waals surface area contributed by atoms with Crippen LogP contribution in [0.3, 0.4) is 0 Å². The van der Waals surface area contributed by atoms with Gasteiger partial charge in [-0.3, -0.25) is 14.4 Å². The van der Waals surface area contributed by atoms with Gasteiger partial charge in [-0.05, 0) is 44.6 Å². The van der Waals surface area contributed by atoms with E-state index in [0.717, 1.165) is 19.3 Å². The topological polar surface area (TPSA) is 81.8 Å². The van der Waals surface area contributed by atoms with Gasteiger partial charge in [0, 0.05) is 19.0 Å². The smallest absolute Gasteiger partial charge is 0.247 e. The van der Waals surface area contributed by atoms with Gasteiger partial charge in [-0.1, -0.05) is 34.6 Å². The summed E-state index contributed by atoms with van der Waals surface area (Å²) in [4.78, 5) is 42.4. The third kappa shape index (κ3) is 4.67. The van der Waals surface area contributed by atoms with Crippen LogP contribution in [0.15, 0.2) is 0 Å². The van der Waals surface area contributed by atoms with Gasteiger partial charge in [0.1, 0.15) is 12.2 Å². The van der Waals surface area contributed by atoms with Gasteiger partial charge in [-0.15, -0.1) is 0 Å². The van der Waals surface area contributed by atoms with E-state index in [0.29, 0.717) is 18.9 Å². The zero-order valence-electron chi connectivity index (χ0n) is 18.5. The highest BCUT2D eigenvalue weighted by Gasteiger charge is 2.46. The molecule has 4 atom stereocenters. The van der Waals surface area contributed by atoms with Crippen LogP contribution in [-0.2, 0) is 14.4 Å². The van der Waals surface area contributed by atoms with E-state index in [2.05, 4.69) is 24.5 Å². The van der Waals surface area contributed by atoms with Gasteiger partial charge in [0.05, 0.1) is 6.04 Å². The van der Waals surface area contributed by atoms with E-state index in [4.69, 9.17) is 0 Å². The van der Waals surface area contributed by atoms with E-state index in [1.54, 1.807) is 14.0 Å². The Morgan fingerprint density at radius 2 is 1.79 bits per heavy atom. The first-order valence-corrected chi connectivity index (χ1v) is 10.6. The number of rotatable bonds is 6. The molecule has 0 bridgehead atoms. The standard InChI is InChI=1S/C21H38N4O3/c1-13(2)15-10-11-17(26)25(15)16-9-8-12-24(16)20(28)18(21(4,5)6)23-19(27)14(3)22-7/h13-16,18,22H,8-12H2,1-7H3,(H,23,27)/t14-,15?,16?,18+/m0/s1. The van der Waals surface area contributed by atoms with Crippen LogP contribution < -0.4 is 10.6 Å². The molecule has 3 amide bonds. The molecule has 160 valence electrons. The Morgan fingerprint density at radius 1 is 1.14 bits per heavy atom. The van der Waals surface area contributed by atoms with Crippen LogP contribution in [0.25, 0.3) is 0 Å². The van der Waals surface area contributed by atoms with Gasteiger partial charge in [-0.25, -0.2) is 0 Å². The minimum Gasteiger partial charge on any atom is -0.342 e. The van der Waals surface area contributed by atoms with Gasteiger partial charge in [0.25, 0.3) is 0 Å². The van der Waals surface area contributed by atoms with Crippen molar-refractivity contribution in [2.45, 2.75) is 91.5 Å². The summed E-state index contributed by atoms with van der Waals surface area (Å²) in [6.45, 7) is 12.6. The maximum absolute atomic E-state index is 13.5. The van der Waals surface area contributed by atoms with Crippen molar-refractivity contribution in [3.8, 4) is 0 Å². The summed E-state index contributed by atoms with van der Waals surface area (Å²) < 4.78 is 0. The average molecular weight is 395 g/mol. The fourth-order valence-corrected chi connectivity index (χ4v) is 4.27. The number of carbonyl (C=O) groups is 3. The molecule has 0 aromatic heterocycles.